The number of amides is 2. The molecule has 1 aliphatic carbocycles. The Morgan fingerprint density at radius 3 is 2.56 bits per heavy atom. The number of aliphatic imine (C=N–C) groups is 1. The number of benzene rings is 1. The number of likely N-dealkylation sites (tertiary alicyclic amines) is 1. The Morgan fingerprint density at radius 1 is 1.12 bits per heavy atom. The van der Waals surface area contributed by atoms with Crippen LogP contribution < -0.4 is 16.0 Å². The van der Waals surface area contributed by atoms with Crippen LogP contribution in [0.15, 0.2) is 29.3 Å². The molecule has 0 atom stereocenters. The molecule has 180 valence electrons. The van der Waals surface area contributed by atoms with E-state index < -0.39 is 0 Å². The minimum Gasteiger partial charge on any atom is -0.396 e. The van der Waals surface area contributed by atoms with Crippen molar-refractivity contribution in [3.05, 3.63) is 29.8 Å². The van der Waals surface area contributed by atoms with E-state index in [4.69, 9.17) is 4.99 Å². The summed E-state index contributed by atoms with van der Waals surface area (Å²) in [5.41, 5.74) is 2.04. The molecule has 1 aliphatic heterocycles. The summed E-state index contributed by atoms with van der Waals surface area (Å²) in [4.78, 5) is 19.0. The fraction of sp³-hybridized carbons (Fsp3) is 0.667. The average Bonchev–Trinajstić information content (AvgIpc) is 3.32. The molecule has 0 radical (unpaired) electrons. The highest BCUT2D eigenvalue weighted by atomic mass is 127. The number of carbonyl (C=O) groups is 1. The standard InChI is InChI=1S/C24H39N5O2.HI/c1-2-25-22(27-19-24(13-16-30)11-4-3-5-12-24)26-18-20-9-8-10-21(17-20)28-23(31)29-14-6-7-15-29;/h8-10,17,30H,2-7,11-16,18-19H2,1H3,(H,28,31)(H2,25,26,27);1H. The second kappa shape index (κ2) is 13.9. The number of halogens is 1. The molecule has 0 bridgehead atoms. The molecule has 4 N–H and O–H groups in total. The summed E-state index contributed by atoms with van der Waals surface area (Å²) in [5, 5.41) is 19.4. The fourth-order valence-corrected chi connectivity index (χ4v) is 4.71. The highest BCUT2D eigenvalue weighted by Crippen LogP contribution is 2.38. The Balaban J connectivity index is 0.00000363. The van der Waals surface area contributed by atoms with E-state index in [1.54, 1.807) is 0 Å². The highest BCUT2D eigenvalue weighted by Gasteiger charge is 2.31. The van der Waals surface area contributed by atoms with Gasteiger partial charge in [0.2, 0.25) is 0 Å². The van der Waals surface area contributed by atoms with E-state index in [9.17, 15) is 9.90 Å². The molecule has 2 aliphatic rings. The maximum atomic E-state index is 12.3. The number of guanidine groups is 1. The van der Waals surface area contributed by atoms with E-state index in [2.05, 4.69) is 22.9 Å². The largest absolute Gasteiger partial charge is 0.396 e. The molecule has 3 rings (SSSR count). The molecule has 0 spiro atoms. The molecule has 2 fully saturated rings. The molecule has 7 nitrogen and oxygen atoms in total. The number of nitrogens with one attached hydrogen (secondary N) is 3. The monoisotopic (exact) mass is 557 g/mol. The van der Waals surface area contributed by atoms with E-state index in [1.165, 1.54) is 32.1 Å². The number of aliphatic hydroxyl groups is 1. The normalized spacial score (nSPS) is 18.1. The highest BCUT2D eigenvalue weighted by molar-refractivity contribution is 14.0. The summed E-state index contributed by atoms with van der Waals surface area (Å²) in [6.45, 7) is 6.16. The molecule has 8 heteroatoms. The Morgan fingerprint density at radius 2 is 1.88 bits per heavy atom. The summed E-state index contributed by atoms with van der Waals surface area (Å²) >= 11 is 0. The lowest BCUT2D eigenvalue weighted by Crippen LogP contribution is -2.44. The van der Waals surface area contributed by atoms with Gasteiger partial charge in [0.05, 0.1) is 6.54 Å². The third-order valence-electron chi connectivity index (χ3n) is 6.52. The van der Waals surface area contributed by atoms with Gasteiger partial charge in [-0.15, -0.1) is 24.0 Å². The van der Waals surface area contributed by atoms with Crippen LogP contribution in [0.5, 0.6) is 0 Å². The van der Waals surface area contributed by atoms with Crippen LogP contribution >= 0.6 is 24.0 Å². The van der Waals surface area contributed by atoms with Crippen LogP contribution in [0.3, 0.4) is 0 Å². The van der Waals surface area contributed by atoms with Crippen LogP contribution in [0, 0.1) is 5.41 Å². The zero-order chi connectivity index (χ0) is 21.9. The van der Waals surface area contributed by atoms with Crippen molar-refractivity contribution >= 4 is 41.7 Å². The molecule has 1 aromatic carbocycles. The van der Waals surface area contributed by atoms with Crippen LogP contribution in [0.25, 0.3) is 0 Å². The van der Waals surface area contributed by atoms with Crippen molar-refractivity contribution in [2.24, 2.45) is 10.4 Å². The zero-order valence-corrected chi connectivity index (χ0v) is 21.7. The number of anilines is 1. The third-order valence-corrected chi connectivity index (χ3v) is 6.52. The predicted octanol–water partition coefficient (Wildman–Crippen LogP) is 4.32. The zero-order valence-electron chi connectivity index (χ0n) is 19.4. The summed E-state index contributed by atoms with van der Waals surface area (Å²) < 4.78 is 0. The summed E-state index contributed by atoms with van der Waals surface area (Å²) in [6, 6.07) is 7.90. The lowest BCUT2D eigenvalue weighted by atomic mass is 9.72. The van der Waals surface area contributed by atoms with Gasteiger partial charge in [-0.1, -0.05) is 31.4 Å². The fourth-order valence-electron chi connectivity index (χ4n) is 4.71. The minimum atomic E-state index is -0.0187. The van der Waals surface area contributed by atoms with Crippen molar-refractivity contribution < 1.29 is 9.90 Å². The summed E-state index contributed by atoms with van der Waals surface area (Å²) in [7, 11) is 0. The van der Waals surface area contributed by atoms with Gasteiger partial charge in [0, 0.05) is 38.5 Å². The van der Waals surface area contributed by atoms with Crippen molar-refractivity contribution in [1.82, 2.24) is 15.5 Å². The van der Waals surface area contributed by atoms with Gasteiger partial charge in [0.25, 0.3) is 0 Å². The van der Waals surface area contributed by atoms with Crippen LogP contribution in [-0.2, 0) is 6.54 Å². The van der Waals surface area contributed by atoms with Gasteiger partial charge < -0.3 is 26.0 Å². The number of aliphatic hydroxyl groups excluding tert-OH is 1. The van der Waals surface area contributed by atoms with E-state index >= 15 is 0 Å². The third kappa shape index (κ3) is 8.10. The molecule has 1 aromatic rings. The summed E-state index contributed by atoms with van der Waals surface area (Å²) in [6.07, 6.45) is 9.13. The number of hydrogen-bond donors (Lipinski definition) is 4. The first-order valence-electron chi connectivity index (χ1n) is 11.9. The Hall–Kier alpha value is -1.55. The Bertz CT molecular complexity index is 725. The number of carbonyl (C=O) groups excluding carboxylic acids is 1. The second-order valence-electron chi connectivity index (χ2n) is 8.91. The predicted molar refractivity (Wildman–Crippen MR) is 142 cm³/mol. The molecular weight excluding hydrogens is 517 g/mol. The van der Waals surface area contributed by atoms with Crippen LogP contribution in [0.4, 0.5) is 10.5 Å². The van der Waals surface area contributed by atoms with E-state index in [-0.39, 0.29) is 42.0 Å². The molecule has 2 amide bonds. The van der Waals surface area contributed by atoms with Crippen molar-refractivity contribution in [2.45, 2.75) is 64.8 Å². The Labute approximate surface area is 209 Å². The number of hydrogen-bond acceptors (Lipinski definition) is 3. The van der Waals surface area contributed by atoms with Gasteiger partial charge in [-0.25, -0.2) is 9.79 Å². The number of rotatable bonds is 8. The average molecular weight is 558 g/mol. The van der Waals surface area contributed by atoms with E-state index in [1.807, 2.05) is 29.2 Å². The number of urea groups is 1. The van der Waals surface area contributed by atoms with Gasteiger partial charge in [-0.2, -0.15) is 0 Å². The molecular formula is C24H40IN5O2. The van der Waals surface area contributed by atoms with Crippen molar-refractivity contribution in [1.29, 1.82) is 0 Å². The maximum absolute atomic E-state index is 12.3. The smallest absolute Gasteiger partial charge is 0.321 e. The van der Waals surface area contributed by atoms with Gasteiger partial charge in [-0.05, 0) is 62.1 Å². The first kappa shape index (κ1) is 26.7. The first-order valence-corrected chi connectivity index (χ1v) is 11.9. The minimum absolute atomic E-state index is 0. The quantitative estimate of drug-likeness (QED) is 0.218. The van der Waals surface area contributed by atoms with Gasteiger partial charge in [0.15, 0.2) is 5.96 Å². The second-order valence-corrected chi connectivity index (χ2v) is 8.91. The van der Waals surface area contributed by atoms with Crippen molar-refractivity contribution in [2.75, 3.05) is 38.1 Å². The van der Waals surface area contributed by atoms with Gasteiger partial charge in [0.1, 0.15) is 0 Å². The molecule has 32 heavy (non-hydrogen) atoms. The lowest BCUT2D eigenvalue weighted by Gasteiger charge is -2.37. The topological polar surface area (TPSA) is 89.0 Å². The van der Waals surface area contributed by atoms with Crippen LogP contribution in [0.1, 0.15) is 63.9 Å². The Kier molecular flexibility index (Phi) is 11.6. The molecule has 1 saturated carbocycles. The van der Waals surface area contributed by atoms with Crippen molar-refractivity contribution in [3.8, 4) is 0 Å². The van der Waals surface area contributed by atoms with Gasteiger partial charge in [-0.3, -0.25) is 0 Å². The maximum Gasteiger partial charge on any atom is 0.321 e. The summed E-state index contributed by atoms with van der Waals surface area (Å²) in [5.74, 6) is 0.803. The van der Waals surface area contributed by atoms with Crippen molar-refractivity contribution in [3.63, 3.8) is 0 Å². The van der Waals surface area contributed by atoms with Gasteiger partial charge >= 0.3 is 6.03 Å². The molecule has 1 heterocycles. The molecule has 0 aromatic heterocycles. The number of nitrogens with zero attached hydrogens (tertiary/aromatic N) is 2. The van der Waals surface area contributed by atoms with E-state index in [0.717, 1.165) is 62.7 Å². The SMILES string of the molecule is CCNC(=NCc1cccc(NC(=O)N2CCCC2)c1)NCC1(CCO)CCCCC1.I. The lowest BCUT2D eigenvalue weighted by molar-refractivity contribution is 0.131. The van der Waals surface area contributed by atoms with Crippen LogP contribution in [0.2, 0.25) is 0 Å². The molecule has 1 saturated heterocycles. The van der Waals surface area contributed by atoms with Crippen LogP contribution in [-0.4, -0.2) is 54.8 Å². The first-order chi connectivity index (χ1) is 15.1. The molecule has 0 unspecified atom stereocenters. The van der Waals surface area contributed by atoms with E-state index in [0.29, 0.717) is 6.54 Å².